The smallest absolute Gasteiger partial charge is 0.123 e. The summed E-state index contributed by atoms with van der Waals surface area (Å²) in [5, 5.41) is 6.52. The van der Waals surface area contributed by atoms with Gasteiger partial charge in [-0.05, 0) is 19.5 Å². The largest absolute Gasteiger partial charge is 0.311 e. The Morgan fingerprint density at radius 3 is 3.00 bits per heavy atom. The number of benzene rings is 1. The summed E-state index contributed by atoms with van der Waals surface area (Å²) in [4.78, 5) is 4.62. The molecule has 0 unspecified atom stereocenters. The summed E-state index contributed by atoms with van der Waals surface area (Å²) >= 11 is 1.71. The molecule has 0 saturated heterocycles. The maximum atomic E-state index is 4.62. The van der Waals surface area contributed by atoms with Crippen molar-refractivity contribution in [1.29, 1.82) is 0 Å². The fourth-order valence-electron chi connectivity index (χ4n) is 1.55. The number of hydrogen-bond acceptors (Lipinski definition) is 3. The molecular weight excluding hydrogens is 216 g/mol. The average Bonchev–Trinajstić information content (AvgIpc) is 2.75. The van der Waals surface area contributed by atoms with Crippen molar-refractivity contribution in [2.45, 2.75) is 20.4 Å². The Hall–Kier alpha value is -1.19. The van der Waals surface area contributed by atoms with Crippen molar-refractivity contribution in [2.75, 3.05) is 6.54 Å². The van der Waals surface area contributed by atoms with Crippen LogP contribution in [0.2, 0.25) is 0 Å². The summed E-state index contributed by atoms with van der Waals surface area (Å²) < 4.78 is 0. The van der Waals surface area contributed by atoms with Crippen LogP contribution >= 0.6 is 11.3 Å². The van der Waals surface area contributed by atoms with E-state index in [0.29, 0.717) is 0 Å². The van der Waals surface area contributed by atoms with E-state index in [0.717, 1.165) is 23.8 Å². The average molecular weight is 232 g/mol. The first-order valence-corrected chi connectivity index (χ1v) is 6.39. The van der Waals surface area contributed by atoms with Crippen molar-refractivity contribution >= 4 is 11.3 Å². The van der Waals surface area contributed by atoms with Crippen LogP contribution < -0.4 is 5.32 Å². The summed E-state index contributed by atoms with van der Waals surface area (Å²) in [7, 11) is 0. The van der Waals surface area contributed by atoms with Crippen LogP contribution in [0.5, 0.6) is 0 Å². The summed E-state index contributed by atoms with van der Waals surface area (Å²) in [6.45, 7) is 6.06. The maximum absolute atomic E-state index is 4.62. The van der Waals surface area contributed by atoms with Gasteiger partial charge in [-0.3, -0.25) is 0 Å². The van der Waals surface area contributed by atoms with Crippen LogP contribution in [0.3, 0.4) is 0 Å². The lowest BCUT2D eigenvalue weighted by atomic mass is 10.1. The molecule has 0 aliphatic rings. The van der Waals surface area contributed by atoms with E-state index in [1.807, 2.05) is 0 Å². The van der Waals surface area contributed by atoms with Crippen molar-refractivity contribution in [3.05, 3.63) is 40.9 Å². The highest BCUT2D eigenvalue weighted by molar-refractivity contribution is 7.13. The zero-order valence-electron chi connectivity index (χ0n) is 9.66. The van der Waals surface area contributed by atoms with Gasteiger partial charge in [0.15, 0.2) is 0 Å². The molecule has 0 saturated carbocycles. The number of aryl methyl sites for hydroxylation is 1. The molecule has 3 heteroatoms. The zero-order chi connectivity index (χ0) is 11.4. The van der Waals surface area contributed by atoms with Gasteiger partial charge in [0, 0.05) is 17.5 Å². The van der Waals surface area contributed by atoms with Gasteiger partial charge in [0.05, 0.1) is 5.69 Å². The van der Waals surface area contributed by atoms with Gasteiger partial charge in [-0.1, -0.05) is 30.7 Å². The highest BCUT2D eigenvalue weighted by Gasteiger charge is 2.03. The van der Waals surface area contributed by atoms with Crippen LogP contribution in [0.15, 0.2) is 29.6 Å². The highest BCUT2D eigenvalue weighted by atomic mass is 32.1. The molecule has 0 spiro atoms. The third-order valence-electron chi connectivity index (χ3n) is 2.37. The van der Waals surface area contributed by atoms with E-state index in [2.05, 4.69) is 53.8 Å². The fraction of sp³-hybridized carbons (Fsp3) is 0.308. The third kappa shape index (κ3) is 2.68. The van der Waals surface area contributed by atoms with Crippen molar-refractivity contribution in [3.8, 4) is 10.6 Å². The second kappa shape index (κ2) is 5.23. The molecule has 0 radical (unpaired) electrons. The SMILES string of the molecule is CCNCc1csc(-c2cccc(C)c2)n1. The topological polar surface area (TPSA) is 24.9 Å². The van der Waals surface area contributed by atoms with Crippen LogP contribution in [0.1, 0.15) is 18.2 Å². The molecule has 2 rings (SSSR count). The minimum absolute atomic E-state index is 0.860. The molecule has 84 valence electrons. The van der Waals surface area contributed by atoms with Crippen LogP contribution in [0.25, 0.3) is 10.6 Å². The highest BCUT2D eigenvalue weighted by Crippen LogP contribution is 2.24. The molecule has 2 aromatic rings. The van der Waals surface area contributed by atoms with Crippen molar-refractivity contribution < 1.29 is 0 Å². The standard InChI is InChI=1S/C13H16N2S/c1-3-14-8-12-9-16-13(15-12)11-6-4-5-10(2)7-11/h4-7,9,14H,3,8H2,1-2H3. The van der Waals surface area contributed by atoms with Gasteiger partial charge < -0.3 is 5.32 Å². The first kappa shape index (κ1) is 11.3. The van der Waals surface area contributed by atoms with Crippen LogP contribution in [0, 0.1) is 6.92 Å². The molecule has 0 aliphatic heterocycles. The molecule has 0 aliphatic carbocycles. The molecule has 2 nitrogen and oxygen atoms in total. The van der Waals surface area contributed by atoms with Gasteiger partial charge in [0.2, 0.25) is 0 Å². The predicted octanol–water partition coefficient (Wildman–Crippen LogP) is 3.23. The number of nitrogens with zero attached hydrogens (tertiary/aromatic N) is 1. The van der Waals surface area contributed by atoms with Gasteiger partial charge in [0.1, 0.15) is 5.01 Å². The Bertz CT molecular complexity index is 462. The monoisotopic (exact) mass is 232 g/mol. The lowest BCUT2D eigenvalue weighted by molar-refractivity contribution is 0.715. The molecule has 0 amide bonds. The van der Waals surface area contributed by atoms with E-state index < -0.39 is 0 Å². The zero-order valence-corrected chi connectivity index (χ0v) is 10.5. The predicted molar refractivity (Wildman–Crippen MR) is 69.7 cm³/mol. The molecule has 0 bridgehead atoms. The summed E-state index contributed by atoms with van der Waals surface area (Å²) in [6.07, 6.45) is 0. The lowest BCUT2D eigenvalue weighted by Gasteiger charge is -1.98. The summed E-state index contributed by atoms with van der Waals surface area (Å²) in [6, 6.07) is 8.48. The molecule has 1 heterocycles. The second-order valence-corrected chi connectivity index (χ2v) is 4.65. The van der Waals surface area contributed by atoms with Gasteiger partial charge in [-0.15, -0.1) is 11.3 Å². The van der Waals surface area contributed by atoms with Crippen molar-refractivity contribution in [2.24, 2.45) is 0 Å². The minimum atomic E-state index is 0.860. The van der Waals surface area contributed by atoms with E-state index >= 15 is 0 Å². The Morgan fingerprint density at radius 1 is 1.38 bits per heavy atom. The molecule has 0 fully saturated rings. The lowest BCUT2D eigenvalue weighted by Crippen LogP contribution is -2.11. The van der Waals surface area contributed by atoms with Gasteiger partial charge in [-0.2, -0.15) is 0 Å². The Balaban J connectivity index is 2.18. The van der Waals surface area contributed by atoms with Crippen LogP contribution in [-0.2, 0) is 6.54 Å². The van der Waals surface area contributed by atoms with E-state index in [4.69, 9.17) is 0 Å². The Morgan fingerprint density at radius 2 is 2.25 bits per heavy atom. The van der Waals surface area contributed by atoms with Crippen molar-refractivity contribution in [1.82, 2.24) is 10.3 Å². The van der Waals surface area contributed by atoms with E-state index in [-0.39, 0.29) is 0 Å². The molecule has 1 aromatic heterocycles. The number of rotatable bonds is 4. The second-order valence-electron chi connectivity index (χ2n) is 3.79. The summed E-state index contributed by atoms with van der Waals surface area (Å²) in [5.74, 6) is 0. The van der Waals surface area contributed by atoms with Gasteiger partial charge in [0.25, 0.3) is 0 Å². The maximum Gasteiger partial charge on any atom is 0.123 e. The van der Waals surface area contributed by atoms with E-state index in [1.165, 1.54) is 11.1 Å². The Labute approximate surface area is 100 Å². The van der Waals surface area contributed by atoms with E-state index in [1.54, 1.807) is 11.3 Å². The van der Waals surface area contributed by atoms with Gasteiger partial charge in [-0.25, -0.2) is 4.98 Å². The van der Waals surface area contributed by atoms with Crippen molar-refractivity contribution in [3.63, 3.8) is 0 Å². The minimum Gasteiger partial charge on any atom is -0.311 e. The normalized spacial score (nSPS) is 10.6. The molecule has 0 atom stereocenters. The first-order chi connectivity index (χ1) is 7.79. The number of aromatic nitrogens is 1. The summed E-state index contributed by atoms with van der Waals surface area (Å²) in [5.41, 5.74) is 3.62. The quantitative estimate of drug-likeness (QED) is 0.875. The molecule has 16 heavy (non-hydrogen) atoms. The van der Waals surface area contributed by atoms with Crippen LogP contribution in [-0.4, -0.2) is 11.5 Å². The number of thiazole rings is 1. The van der Waals surface area contributed by atoms with E-state index in [9.17, 15) is 0 Å². The number of hydrogen-bond donors (Lipinski definition) is 1. The fourth-order valence-corrected chi connectivity index (χ4v) is 2.37. The van der Waals surface area contributed by atoms with Gasteiger partial charge >= 0.3 is 0 Å². The molecule has 1 aromatic carbocycles. The molecular formula is C13H16N2S. The van der Waals surface area contributed by atoms with Crippen LogP contribution in [0.4, 0.5) is 0 Å². The molecule has 1 N–H and O–H groups in total. The Kier molecular flexibility index (Phi) is 3.70. The number of nitrogens with one attached hydrogen (secondary N) is 1. The first-order valence-electron chi connectivity index (χ1n) is 5.51. The third-order valence-corrected chi connectivity index (χ3v) is 3.31.